The van der Waals surface area contributed by atoms with Gasteiger partial charge in [0.25, 0.3) is 0 Å². The zero-order valence-corrected chi connectivity index (χ0v) is 34.8. The van der Waals surface area contributed by atoms with Gasteiger partial charge in [-0.05, 0) is 178 Å². The maximum absolute atomic E-state index is 14.1. The van der Waals surface area contributed by atoms with Crippen LogP contribution in [-0.4, -0.2) is 0 Å². The molecule has 6 heteroatoms. The molecule has 0 atom stereocenters. The summed E-state index contributed by atoms with van der Waals surface area (Å²) in [5.41, 5.74) is 11.1. The van der Waals surface area contributed by atoms with Gasteiger partial charge in [0.2, 0.25) is 0 Å². The maximum atomic E-state index is 14.1. The number of halogens is 2. The predicted molar refractivity (Wildman–Crippen MR) is 253 cm³/mol. The van der Waals surface area contributed by atoms with Crippen LogP contribution in [0, 0.1) is 11.6 Å². The first kappa shape index (κ1) is 37.6. The number of rotatable bonds is 8. The fourth-order valence-electron chi connectivity index (χ4n) is 8.90. The van der Waals surface area contributed by atoms with Gasteiger partial charge in [0.15, 0.2) is 11.2 Å². The second kappa shape index (κ2) is 14.6. The minimum absolute atomic E-state index is 0.274. The molecule has 0 aliphatic rings. The molecular weight excluding hydrogens is 771 g/mol. The molecule has 0 radical (unpaired) electrons. The van der Waals surface area contributed by atoms with E-state index in [1.165, 1.54) is 35.4 Å². The molecule has 11 aromatic rings. The van der Waals surface area contributed by atoms with Crippen molar-refractivity contribution in [1.29, 1.82) is 0 Å². The van der Waals surface area contributed by atoms with Gasteiger partial charge < -0.3 is 18.6 Å². The lowest BCUT2D eigenvalue weighted by molar-refractivity contribution is 0.627. The average Bonchev–Trinajstić information content (AvgIpc) is 3.84. The van der Waals surface area contributed by atoms with E-state index in [2.05, 4.69) is 159 Å². The van der Waals surface area contributed by atoms with Gasteiger partial charge in [-0.25, -0.2) is 8.78 Å². The zero-order valence-electron chi connectivity index (χ0n) is 34.8. The van der Waals surface area contributed by atoms with E-state index in [0.29, 0.717) is 23.0 Å². The zero-order chi connectivity index (χ0) is 42.2. The molecule has 0 aliphatic heterocycles. The summed E-state index contributed by atoms with van der Waals surface area (Å²) in [4.78, 5) is 4.31. The van der Waals surface area contributed by atoms with Gasteiger partial charge in [-0.1, -0.05) is 64.1 Å². The number of hydrogen-bond donors (Lipinski definition) is 0. The molecule has 0 amide bonds. The van der Waals surface area contributed by atoms with Crippen LogP contribution in [0.25, 0.3) is 65.4 Å². The summed E-state index contributed by atoms with van der Waals surface area (Å²) in [6, 6.07) is 56.1. The molecule has 0 saturated carbocycles. The summed E-state index contributed by atoms with van der Waals surface area (Å²) >= 11 is 0. The first-order valence-corrected chi connectivity index (χ1v) is 21.2. The van der Waals surface area contributed by atoms with Crippen molar-refractivity contribution in [2.45, 2.75) is 39.5 Å². The number of hydrogen-bond acceptors (Lipinski definition) is 4. The molecule has 2 heterocycles. The van der Waals surface area contributed by atoms with E-state index >= 15 is 0 Å². The predicted octanol–water partition coefficient (Wildman–Crippen LogP) is 17.3. The Morgan fingerprint density at radius 3 is 1.03 bits per heavy atom. The highest BCUT2D eigenvalue weighted by Crippen LogP contribution is 2.44. The quantitative estimate of drug-likeness (QED) is 0.153. The Bertz CT molecular complexity index is 3240. The third kappa shape index (κ3) is 6.42. The van der Waals surface area contributed by atoms with Crippen molar-refractivity contribution in [3.63, 3.8) is 0 Å². The van der Waals surface area contributed by atoms with Gasteiger partial charge in [0.05, 0.1) is 0 Å². The lowest BCUT2D eigenvalue weighted by Gasteiger charge is -2.26. The Balaban J connectivity index is 1.00. The molecule has 0 aliphatic carbocycles. The molecule has 302 valence electrons. The van der Waals surface area contributed by atoms with Crippen molar-refractivity contribution in [1.82, 2.24) is 0 Å². The molecule has 0 fully saturated rings. The Labute approximate surface area is 357 Å². The molecule has 0 unspecified atom stereocenters. The van der Waals surface area contributed by atoms with E-state index in [1.807, 2.05) is 24.3 Å². The van der Waals surface area contributed by atoms with E-state index in [0.717, 1.165) is 88.4 Å². The van der Waals surface area contributed by atoms with Gasteiger partial charge in [-0.2, -0.15) is 0 Å². The number of nitrogens with zero attached hydrogens (tertiary/aromatic N) is 2. The van der Waals surface area contributed by atoms with Crippen LogP contribution in [0.1, 0.15) is 50.7 Å². The topological polar surface area (TPSA) is 32.8 Å². The molecule has 0 N–H and O–H groups in total. The van der Waals surface area contributed by atoms with Gasteiger partial charge >= 0.3 is 0 Å². The van der Waals surface area contributed by atoms with Gasteiger partial charge in [0, 0.05) is 55.7 Å². The Hall–Kier alpha value is -7.44. The molecule has 62 heavy (non-hydrogen) atoms. The van der Waals surface area contributed by atoms with Gasteiger partial charge in [-0.3, -0.25) is 0 Å². The van der Waals surface area contributed by atoms with Crippen molar-refractivity contribution < 1.29 is 17.6 Å². The van der Waals surface area contributed by atoms with E-state index in [9.17, 15) is 8.78 Å². The second-order valence-corrected chi connectivity index (χ2v) is 16.9. The van der Waals surface area contributed by atoms with Crippen LogP contribution in [-0.2, 0) is 0 Å². The minimum Gasteiger partial charge on any atom is -0.452 e. The van der Waals surface area contributed by atoms with Crippen molar-refractivity contribution in [3.8, 4) is 0 Å². The summed E-state index contributed by atoms with van der Waals surface area (Å²) < 4.78 is 41.6. The normalized spacial score (nSPS) is 12.0. The van der Waals surface area contributed by atoms with E-state index in [4.69, 9.17) is 8.83 Å². The highest BCUT2D eigenvalue weighted by atomic mass is 19.1. The Morgan fingerprint density at radius 1 is 0.339 bits per heavy atom. The molecular formula is C56H42F2N2O2. The van der Waals surface area contributed by atoms with Crippen LogP contribution in [0.15, 0.2) is 179 Å². The Morgan fingerprint density at radius 2 is 0.677 bits per heavy atom. The lowest BCUT2D eigenvalue weighted by Crippen LogP contribution is -2.10. The van der Waals surface area contributed by atoms with Crippen molar-refractivity contribution in [3.05, 3.63) is 193 Å². The average molecular weight is 813 g/mol. The van der Waals surface area contributed by atoms with Gasteiger partial charge in [-0.15, -0.1) is 0 Å². The van der Waals surface area contributed by atoms with E-state index in [-0.39, 0.29) is 11.6 Å². The van der Waals surface area contributed by atoms with Crippen LogP contribution in [0.3, 0.4) is 0 Å². The fourth-order valence-corrected chi connectivity index (χ4v) is 8.90. The van der Waals surface area contributed by atoms with E-state index in [1.54, 1.807) is 0 Å². The fraction of sp³-hybridized carbons (Fsp3) is 0.107. The molecule has 0 bridgehead atoms. The first-order valence-electron chi connectivity index (χ1n) is 21.2. The summed E-state index contributed by atoms with van der Waals surface area (Å²) in [7, 11) is 0. The molecule has 2 aromatic heterocycles. The maximum Gasteiger partial charge on any atom is 0.178 e. The summed E-state index contributed by atoms with van der Waals surface area (Å²) in [5.74, 6) is 0.275. The number of fused-ring (bicyclic) bond motifs is 9. The highest BCUT2D eigenvalue weighted by Gasteiger charge is 2.20. The molecule has 0 spiro atoms. The number of anilines is 6. The largest absolute Gasteiger partial charge is 0.452 e. The van der Waals surface area contributed by atoms with Crippen molar-refractivity contribution >= 4 is 99.5 Å². The molecule has 11 rings (SSSR count). The van der Waals surface area contributed by atoms with Gasteiger partial charge in [0.1, 0.15) is 22.8 Å². The lowest BCUT2D eigenvalue weighted by atomic mass is 10.0. The molecule has 0 saturated heterocycles. The number of furan rings is 2. The number of benzene rings is 9. The third-order valence-corrected chi connectivity index (χ3v) is 12.3. The SMILES string of the molecule is CC(C)c1ccc(N(c2ccc(F)cc2)c2ccc3cc4c(cc3c2)oc2c4ccc3c4cc5ccc(N(c6ccc(F)cc6)c6ccc(C(C)C)cc6)cc5cc4oc32)cc1. The Kier molecular flexibility index (Phi) is 8.86. The van der Waals surface area contributed by atoms with Crippen molar-refractivity contribution in [2.75, 3.05) is 9.80 Å². The van der Waals surface area contributed by atoms with E-state index < -0.39 is 0 Å². The van der Waals surface area contributed by atoms with Crippen LogP contribution in [0.5, 0.6) is 0 Å². The summed E-state index contributed by atoms with van der Waals surface area (Å²) in [6.45, 7) is 8.74. The second-order valence-electron chi connectivity index (χ2n) is 16.9. The van der Waals surface area contributed by atoms with Crippen LogP contribution < -0.4 is 9.80 Å². The van der Waals surface area contributed by atoms with Crippen LogP contribution in [0.4, 0.5) is 42.9 Å². The van der Waals surface area contributed by atoms with Crippen LogP contribution in [0.2, 0.25) is 0 Å². The first-order chi connectivity index (χ1) is 30.1. The van der Waals surface area contributed by atoms with Crippen LogP contribution >= 0.6 is 0 Å². The summed E-state index contributed by atoms with van der Waals surface area (Å²) in [6.07, 6.45) is 0. The highest BCUT2D eigenvalue weighted by molar-refractivity contribution is 6.21. The van der Waals surface area contributed by atoms with Crippen molar-refractivity contribution in [2.24, 2.45) is 0 Å². The third-order valence-electron chi connectivity index (χ3n) is 12.3. The minimum atomic E-state index is -0.274. The molecule has 4 nitrogen and oxygen atoms in total. The summed E-state index contributed by atoms with van der Waals surface area (Å²) in [5, 5.41) is 8.20. The monoisotopic (exact) mass is 812 g/mol. The smallest absolute Gasteiger partial charge is 0.178 e. The molecule has 9 aromatic carbocycles. The standard InChI is InChI=1S/C56H42F2N2O2/c1-33(2)35-5-15-43(16-6-35)59(45-21-11-41(57)12-22-45)47-19-9-37-29-51-49-25-26-50-52-30-38-10-20-48(28-40(38)32-54(52)62-56(50)55(49)61-53(51)31-39(37)27-47)60(46-23-13-42(58)14-24-46)44-17-7-36(8-18-44)34(3)4/h5-34H,1-4H3.